The Kier molecular flexibility index (Phi) is 5.79. The van der Waals surface area contributed by atoms with Crippen molar-refractivity contribution >= 4 is 29.2 Å². The Bertz CT molecular complexity index is 1190. The summed E-state index contributed by atoms with van der Waals surface area (Å²) >= 11 is 5.94. The Morgan fingerprint density at radius 1 is 1.17 bits per heavy atom. The number of amides is 2. The molecule has 2 amide bonds. The Balaban J connectivity index is 1.24. The predicted octanol–water partition coefficient (Wildman–Crippen LogP) is 2.96. The number of aromatic nitrogens is 1. The topological polar surface area (TPSA) is 131 Å². The molecule has 1 aromatic carbocycles. The molecule has 3 saturated carbocycles. The van der Waals surface area contributed by atoms with Gasteiger partial charge in [-0.1, -0.05) is 16.8 Å². The van der Waals surface area contributed by atoms with E-state index in [1.807, 2.05) is 0 Å². The van der Waals surface area contributed by atoms with Crippen molar-refractivity contribution in [1.29, 1.82) is 0 Å². The van der Waals surface area contributed by atoms with Gasteiger partial charge in [-0.15, -0.1) is 0 Å². The number of ketones is 1. The summed E-state index contributed by atoms with van der Waals surface area (Å²) < 4.78 is 35.9. The molecule has 1 aliphatic heterocycles. The Labute approximate surface area is 203 Å². The number of aliphatic hydroxyl groups excluding tert-OH is 1. The summed E-state index contributed by atoms with van der Waals surface area (Å²) in [6.45, 7) is 0. The normalized spacial score (nSPS) is 29.5. The quantitative estimate of drug-likeness (QED) is 0.564. The second-order valence-corrected chi connectivity index (χ2v) is 9.83. The molecule has 9 nitrogen and oxygen atoms in total. The number of nitrogens with one attached hydrogen (secondary N) is 2. The summed E-state index contributed by atoms with van der Waals surface area (Å²) in [5, 5.41) is 20.2. The van der Waals surface area contributed by atoms with Gasteiger partial charge in [0.25, 0.3) is 18.2 Å². The number of carbonyl (C=O) groups is 3. The zero-order valence-corrected chi connectivity index (χ0v) is 19.1. The zero-order valence-electron chi connectivity index (χ0n) is 18.4. The first-order valence-electron chi connectivity index (χ1n) is 11.2. The number of halogens is 3. The average Bonchev–Trinajstić information content (AvgIpc) is 3.32. The Hall–Kier alpha value is -3.05. The van der Waals surface area contributed by atoms with Crippen molar-refractivity contribution < 1.29 is 37.5 Å². The molecule has 6 rings (SSSR count). The van der Waals surface area contributed by atoms with E-state index in [4.69, 9.17) is 20.9 Å². The molecule has 0 saturated heterocycles. The summed E-state index contributed by atoms with van der Waals surface area (Å²) in [5.74, 6) is -1.51. The first kappa shape index (κ1) is 23.7. The SMILES string of the molecule is O=C(NC12CCC(NC(=O)C3CC(=O)c4cc(Cl)ccc4O3)(CC1)[C@@H](O)C2)c1cc(C(F)F)no1. The molecule has 1 aromatic heterocycles. The van der Waals surface area contributed by atoms with Gasteiger partial charge in [0.2, 0.25) is 5.76 Å². The van der Waals surface area contributed by atoms with Crippen LogP contribution < -0.4 is 15.4 Å². The van der Waals surface area contributed by atoms with Crippen LogP contribution in [0.1, 0.15) is 71.6 Å². The summed E-state index contributed by atoms with van der Waals surface area (Å²) in [7, 11) is 0. The molecule has 3 aliphatic carbocycles. The van der Waals surface area contributed by atoms with Crippen molar-refractivity contribution in [3.63, 3.8) is 0 Å². The highest BCUT2D eigenvalue weighted by molar-refractivity contribution is 6.31. The molecule has 2 atom stereocenters. The highest BCUT2D eigenvalue weighted by Crippen LogP contribution is 2.47. The van der Waals surface area contributed by atoms with E-state index in [0.717, 1.165) is 6.07 Å². The molecule has 35 heavy (non-hydrogen) atoms. The van der Waals surface area contributed by atoms with E-state index in [9.17, 15) is 28.3 Å². The van der Waals surface area contributed by atoms with Crippen LogP contribution >= 0.6 is 11.6 Å². The summed E-state index contributed by atoms with van der Waals surface area (Å²) in [6, 6.07) is 5.50. The van der Waals surface area contributed by atoms with Gasteiger partial charge in [-0.25, -0.2) is 8.78 Å². The van der Waals surface area contributed by atoms with Crippen LogP contribution in [0.5, 0.6) is 5.75 Å². The zero-order chi connectivity index (χ0) is 25.0. The molecule has 3 N–H and O–H groups in total. The lowest BCUT2D eigenvalue weighted by molar-refractivity contribution is -0.137. The molecular formula is C23H22ClF2N3O6. The molecule has 3 fully saturated rings. The van der Waals surface area contributed by atoms with Crippen LogP contribution in [0.25, 0.3) is 0 Å². The molecule has 0 radical (unpaired) electrons. The van der Waals surface area contributed by atoms with Crippen molar-refractivity contribution in [2.45, 2.75) is 68.2 Å². The molecule has 4 aliphatic rings. The van der Waals surface area contributed by atoms with Gasteiger partial charge < -0.3 is 25.0 Å². The van der Waals surface area contributed by atoms with Crippen molar-refractivity contribution in [2.75, 3.05) is 0 Å². The largest absolute Gasteiger partial charge is 0.479 e. The number of benzene rings is 1. The number of rotatable bonds is 5. The number of Topliss-reactive ketones (excluding diaryl/α,β-unsaturated/α-hetero) is 1. The van der Waals surface area contributed by atoms with Gasteiger partial charge in [0.05, 0.1) is 23.6 Å². The Morgan fingerprint density at radius 3 is 2.57 bits per heavy atom. The molecular weight excluding hydrogens is 488 g/mol. The van der Waals surface area contributed by atoms with Crippen molar-refractivity contribution in [1.82, 2.24) is 15.8 Å². The first-order valence-corrected chi connectivity index (χ1v) is 11.5. The number of alkyl halides is 2. The van der Waals surface area contributed by atoms with Gasteiger partial charge in [-0.05, 0) is 50.3 Å². The highest BCUT2D eigenvalue weighted by atomic mass is 35.5. The van der Waals surface area contributed by atoms with Crippen LogP contribution in [-0.4, -0.2) is 51.1 Å². The number of nitrogens with zero attached hydrogens (tertiary/aromatic N) is 1. The van der Waals surface area contributed by atoms with Crippen LogP contribution in [-0.2, 0) is 4.79 Å². The highest BCUT2D eigenvalue weighted by Gasteiger charge is 2.56. The molecule has 2 bridgehead atoms. The standard InChI is InChI=1S/C23H22ClF2N3O6/c24-11-1-2-15-12(7-11)14(30)9-16(34-15)20(32)28-23-5-3-22(4-6-23,10-18(23)31)27-21(33)17-8-13(19(25)26)29-35-17/h1-2,7-8,16,18-19,31H,3-6,9-10H2,(H,27,33)(H,28,32)/t16?,18-,22?,23?/m0/s1. The van der Waals surface area contributed by atoms with Gasteiger partial charge in [0, 0.05) is 16.6 Å². The number of hydrogen-bond acceptors (Lipinski definition) is 7. The van der Waals surface area contributed by atoms with Crippen LogP contribution in [0.2, 0.25) is 5.02 Å². The number of ether oxygens (including phenoxy) is 1. The maximum Gasteiger partial charge on any atom is 0.290 e. The van der Waals surface area contributed by atoms with Gasteiger partial charge in [0.15, 0.2) is 17.6 Å². The lowest BCUT2D eigenvalue weighted by atomic mass is 9.59. The van der Waals surface area contributed by atoms with Gasteiger partial charge in [-0.3, -0.25) is 14.4 Å². The van der Waals surface area contributed by atoms with Crippen LogP contribution in [0.4, 0.5) is 8.78 Å². The third kappa shape index (κ3) is 4.27. The van der Waals surface area contributed by atoms with E-state index in [2.05, 4.69) is 15.8 Å². The lowest BCUT2D eigenvalue weighted by Gasteiger charge is -2.56. The second-order valence-electron chi connectivity index (χ2n) is 9.39. The first-order chi connectivity index (χ1) is 16.6. The molecule has 1 unspecified atom stereocenters. The fourth-order valence-corrected chi connectivity index (χ4v) is 5.40. The Morgan fingerprint density at radius 2 is 1.91 bits per heavy atom. The second kappa shape index (κ2) is 8.56. The monoisotopic (exact) mass is 509 g/mol. The average molecular weight is 510 g/mol. The minimum absolute atomic E-state index is 0.150. The van der Waals surface area contributed by atoms with Gasteiger partial charge >= 0.3 is 0 Å². The van der Waals surface area contributed by atoms with E-state index >= 15 is 0 Å². The van der Waals surface area contributed by atoms with Gasteiger partial charge in [-0.2, -0.15) is 0 Å². The van der Waals surface area contributed by atoms with Crippen LogP contribution in [0.15, 0.2) is 28.8 Å². The number of fused-ring (bicyclic) bond motifs is 4. The molecule has 0 spiro atoms. The number of hydrogen-bond donors (Lipinski definition) is 3. The van der Waals surface area contributed by atoms with E-state index in [1.54, 1.807) is 12.1 Å². The molecule has 2 aromatic rings. The van der Waals surface area contributed by atoms with Crippen molar-refractivity contribution in [3.8, 4) is 5.75 Å². The fraction of sp³-hybridized carbons (Fsp3) is 0.478. The predicted molar refractivity (Wildman–Crippen MR) is 116 cm³/mol. The lowest BCUT2D eigenvalue weighted by Crippen LogP contribution is -2.71. The summed E-state index contributed by atoms with van der Waals surface area (Å²) in [6.07, 6.45) is -3.26. The van der Waals surface area contributed by atoms with E-state index in [-0.39, 0.29) is 30.1 Å². The van der Waals surface area contributed by atoms with E-state index in [1.165, 1.54) is 6.07 Å². The van der Waals surface area contributed by atoms with Crippen molar-refractivity contribution in [2.24, 2.45) is 0 Å². The molecule has 2 heterocycles. The minimum atomic E-state index is -2.86. The van der Waals surface area contributed by atoms with E-state index < -0.39 is 47.2 Å². The molecule has 12 heteroatoms. The minimum Gasteiger partial charge on any atom is -0.479 e. The van der Waals surface area contributed by atoms with Crippen LogP contribution in [0.3, 0.4) is 0 Å². The maximum absolute atomic E-state index is 13.0. The van der Waals surface area contributed by atoms with Gasteiger partial charge in [0.1, 0.15) is 5.75 Å². The third-order valence-corrected chi connectivity index (χ3v) is 7.46. The number of aliphatic hydroxyl groups is 1. The smallest absolute Gasteiger partial charge is 0.290 e. The van der Waals surface area contributed by atoms with E-state index in [0.29, 0.717) is 36.3 Å². The number of carbonyl (C=O) groups excluding carboxylic acids is 3. The summed E-state index contributed by atoms with van der Waals surface area (Å²) in [5.41, 5.74) is -2.00. The maximum atomic E-state index is 13.0. The third-order valence-electron chi connectivity index (χ3n) is 7.22. The fourth-order valence-electron chi connectivity index (χ4n) is 5.23. The van der Waals surface area contributed by atoms with Crippen LogP contribution in [0, 0.1) is 0 Å². The van der Waals surface area contributed by atoms with Crippen molar-refractivity contribution in [3.05, 3.63) is 46.3 Å². The summed E-state index contributed by atoms with van der Waals surface area (Å²) in [4.78, 5) is 38.1. The molecule has 186 valence electrons.